The number of hydrogen-bond donors (Lipinski definition) is 0. The molecule has 1 aliphatic rings. The second-order valence-electron chi connectivity index (χ2n) is 3.94. The van der Waals surface area contributed by atoms with Crippen molar-refractivity contribution in [2.75, 3.05) is 6.54 Å². The lowest BCUT2D eigenvalue weighted by Crippen LogP contribution is -2.21. The molecule has 3 heteroatoms. The van der Waals surface area contributed by atoms with Gasteiger partial charge in [-0.05, 0) is 13.3 Å². The van der Waals surface area contributed by atoms with E-state index in [1.54, 1.807) is 5.01 Å². The summed E-state index contributed by atoms with van der Waals surface area (Å²) in [6.07, 6.45) is 6.67. The fraction of sp³-hybridized carbons (Fsp3) is 0.818. The van der Waals surface area contributed by atoms with Crippen LogP contribution in [0.3, 0.4) is 0 Å². The van der Waals surface area contributed by atoms with Gasteiger partial charge in [0.25, 0.3) is 0 Å². The Bertz CT molecular complexity index is 223. The largest absolute Gasteiger partial charge is 0.273 e. The number of rotatable bonds is 6. The summed E-state index contributed by atoms with van der Waals surface area (Å²) in [4.78, 5) is 11.3. The molecule has 1 amide bonds. The van der Waals surface area contributed by atoms with E-state index in [4.69, 9.17) is 0 Å². The van der Waals surface area contributed by atoms with Crippen LogP contribution in [0.25, 0.3) is 0 Å². The molecule has 1 aliphatic heterocycles. The van der Waals surface area contributed by atoms with Crippen LogP contribution in [0.2, 0.25) is 0 Å². The summed E-state index contributed by atoms with van der Waals surface area (Å²) in [5.74, 6) is 0.165. The second-order valence-corrected chi connectivity index (χ2v) is 3.94. The summed E-state index contributed by atoms with van der Waals surface area (Å²) >= 11 is 0. The number of hydrazone groups is 1. The summed E-state index contributed by atoms with van der Waals surface area (Å²) in [6.45, 7) is 4.92. The Labute approximate surface area is 86.2 Å². The zero-order chi connectivity index (χ0) is 10.4. The Kier molecular flexibility index (Phi) is 4.63. The number of carbonyl (C=O) groups is 1. The highest BCUT2D eigenvalue weighted by Gasteiger charge is 2.19. The molecule has 3 nitrogen and oxygen atoms in total. The Hall–Kier alpha value is -0.860. The number of carbonyl (C=O) groups excluding carboxylic acids is 1. The molecule has 14 heavy (non-hydrogen) atoms. The lowest BCUT2D eigenvalue weighted by molar-refractivity contribution is -0.128. The minimum Gasteiger partial charge on any atom is -0.273 e. The van der Waals surface area contributed by atoms with Gasteiger partial charge >= 0.3 is 0 Å². The molecule has 0 N–H and O–H groups in total. The summed E-state index contributed by atoms with van der Waals surface area (Å²) in [5.41, 5.74) is 0.948. The van der Waals surface area contributed by atoms with Gasteiger partial charge in [-0.3, -0.25) is 4.79 Å². The van der Waals surface area contributed by atoms with Crippen molar-refractivity contribution >= 4 is 11.6 Å². The molecule has 0 aromatic rings. The molecule has 0 spiro atoms. The highest BCUT2D eigenvalue weighted by Crippen LogP contribution is 2.10. The zero-order valence-electron chi connectivity index (χ0n) is 9.25. The van der Waals surface area contributed by atoms with E-state index in [2.05, 4.69) is 12.0 Å². The fourth-order valence-electron chi connectivity index (χ4n) is 1.65. The van der Waals surface area contributed by atoms with E-state index in [9.17, 15) is 4.79 Å². The summed E-state index contributed by atoms with van der Waals surface area (Å²) in [6, 6.07) is 0. The monoisotopic (exact) mass is 196 g/mol. The molecule has 0 fully saturated rings. The third-order valence-corrected chi connectivity index (χ3v) is 2.46. The van der Waals surface area contributed by atoms with Gasteiger partial charge in [0.05, 0.1) is 6.42 Å². The SMILES string of the molecule is CCCCCCCN1N=C(C)CC1=O. The number of unbranched alkanes of at least 4 members (excludes halogenated alkanes) is 4. The van der Waals surface area contributed by atoms with Gasteiger partial charge in [-0.1, -0.05) is 32.6 Å². The van der Waals surface area contributed by atoms with E-state index in [1.807, 2.05) is 6.92 Å². The van der Waals surface area contributed by atoms with Crippen molar-refractivity contribution in [2.24, 2.45) is 5.10 Å². The minimum absolute atomic E-state index is 0.165. The van der Waals surface area contributed by atoms with Gasteiger partial charge in [0.2, 0.25) is 5.91 Å². The molecule has 0 unspecified atom stereocenters. The standard InChI is InChI=1S/C11H20N2O/c1-3-4-5-6-7-8-13-11(14)9-10(2)12-13/h3-9H2,1-2H3. The van der Waals surface area contributed by atoms with Gasteiger partial charge in [0.15, 0.2) is 0 Å². The maximum Gasteiger partial charge on any atom is 0.248 e. The van der Waals surface area contributed by atoms with Crippen molar-refractivity contribution in [3.05, 3.63) is 0 Å². The Morgan fingerprint density at radius 2 is 2.00 bits per heavy atom. The molecule has 0 aliphatic carbocycles. The maximum atomic E-state index is 11.3. The molecular formula is C11H20N2O. The molecule has 0 atom stereocenters. The lowest BCUT2D eigenvalue weighted by atomic mass is 10.1. The first kappa shape index (κ1) is 11.2. The van der Waals surface area contributed by atoms with E-state index in [0.717, 1.165) is 18.7 Å². The highest BCUT2D eigenvalue weighted by atomic mass is 16.2. The van der Waals surface area contributed by atoms with E-state index >= 15 is 0 Å². The number of nitrogens with zero attached hydrogens (tertiary/aromatic N) is 2. The third-order valence-electron chi connectivity index (χ3n) is 2.46. The Morgan fingerprint density at radius 3 is 2.57 bits per heavy atom. The van der Waals surface area contributed by atoms with Crippen molar-refractivity contribution in [1.82, 2.24) is 5.01 Å². The van der Waals surface area contributed by atoms with Crippen LogP contribution in [0.5, 0.6) is 0 Å². The zero-order valence-corrected chi connectivity index (χ0v) is 9.25. The second kappa shape index (κ2) is 5.78. The molecule has 1 rings (SSSR count). The molecule has 0 saturated heterocycles. The van der Waals surface area contributed by atoms with Gasteiger partial charge in [-0.15, -0.1) is 0 Å². The molecule has 0 saturated carbocycles. The summed E-state index contributed by atoms with van der Waals surface area (Å²) < 4.78 is 0. The average molecular weight is 196 g/mol. The first-order chi connectivity index (χ1) is 6.74. The first-order valence-corrected chi connectivity index (χ1v) is 5.58. The molecular weight excluding hydrogens is 176 g/mol. The van der Waals surface area contributed by atoms with Crippen LogP contribution in [-0.4, -0.2) is 23.2 Å². The predicted molar refractivity (Wildman–Crippen MR) is 58.2 cm³/mol. The van der Waals surface area contributed by atoms with Crippen molar-refractivity contribution < 1.29 is 4.79 Å². The Balaban J connectivity index is 2.10. The van der Waals surface area contributed by atoms with Crippen LogP contribution in [0, 0.1) is 0 Å². The van der Waals surface area contributed by atoms with Crippen molar-refractivity contribution in [1.29, 1.82) is 0 Å². The van der Waals surface area contributed by atoms with Gasteiger partial charge in [-0.25, -0.2) is 5.01 Å². The molecule has 80 valence electrons. The van der Waals surface area contributed by atoms with Gasteiger partial charge in [0.1, 0.15) is 0 Å². The van der Waals surface area contributed by atoms with Crippen LogP contribution < -0.4 is 0 Å². The van der Waals surface area contributed by atoms with E-state index in [-0.39, 0.29) is 5.91 Å². The average Bonchev–Trinajstić information content (AvgIpc) is 2.45. The van der Waals surface area contributed by atoms with Gasteiger partial charge < -0.3 is 0 Å². The summed E-state index contributed by atoms with van der Waals surface area (Å²) in [5, 5.41) is 5.81. The molecule has 0 aromatic carbocycles. The Morgan fingerprint density at radius 1 is 1.29 bits per heavy atom. The molecule has 0 radical (unpaired) electrons. The smallest absolute Gasteiger partial charge is 0.248 e. The van der Waals surface area contributed by atoms with Crippen LogP contribution in [0.4, 0.5) is 0 Å². The van der Waals surface area contributed by atoms with Crippen molar-refractivity contribution in [3.8, 4) is 0 Å². The number of amides is 1. The van der Waals surface area contributed by atoms with E-state index in [0.29, 0.717) is 6.42 Å². The topological polar surface area (TPSA) is 32.7 Å². The van der Waals surface area contributed by atoms with Crippen LogP contribution in [-0.2, 0) is 4.79 Å². The van der Waals surface area contributed by atoms with Crippen molar-refractivity contribution in [3.63, 3.8) is 0 Å². The number of hydrogen-bond acceptors (Lipinski definition) is 2. The molecule has 0 bridgehead atoms. The normalized spacial score (nSPS) is 16.3. The molecule has 0 aromatic heterocycles. The van der Waals surface area contributed by atoms with Crippen LogP contribution >= 0.6 is 0 Å². The minimum atomic E-state index is 0.165. The van der Waals surface area contributed by atoms with E-state index < -0.39 is 0 Å². The third kappa shape index (κ3) is 3.48. The quantitative estimate of drug-likeness (QED) is 0.601. The first-order valence-electron chi connectivity index (χ1n) is 5.58. The van der Waals surface area contributed by atoms with Gasteiger partial charge in [0, 0.05) is 12.3 Å². The fourth-order valence-corrected chi connectivity index (χ4v) is 1.65. The van der Waals surface area contributed by atoms with Crippen molar-refractivity contribution in [2.45, 2.75) is 52.4 Å². The lowest BCUT2D eigenvalue weighted by Gasteiger charge is -2.10. The van der Waals surface area contributed by atoms with E-state index in [1.165, 1.54) is 25.7 Å². The van der Waals surface area contributed by atoms with Gasteiger partial charge in [-0.2, -0.15) is 5.10 Å². The molecule has 1 heterocycles. The van der Waals surface area contributed by atoms with Crippen LogP contribution in [0.15, 0.2) is 5.10 Å². The predicted octanol–water partition coefficient (Wildman–Crippen LogP) is 2.57. The van der Waals surface area contributed by atoms with Crippen LogP contribution in [0.1, 0.15) is 52.4 Å². The highest BCUT2D eigenvalue weighted by molar-refractivity contribution is 6.03. The summed E-state index contributed by atoms with van der Waals surface area (Å²) in [7, 11) is 0. The maximum absolute atomic E-state index is 11.3.